The number of amides is 1. The molecule has 2 aromatic rings. The van der Waals surface area contributed by atoms with Gasteiger partial charge in [-0.3, -0.25) is 4.79 Å². The number of rotatable bonds is 5. The van der Waals surface area contributed by atoms with Gasteiger partial charge in [0.2, 0.25) is 5.91 Å². The van der Waals surface area contributed by atoms with Crippen LogP contribution < -0.4 is 10.2 Å². The summed E-state index contributed by atoms with van der Waals surface area (Å²) in [6, 6.07) is 10.4. The van der Waals surface area contributed by atoms with Crippen molar-refractivity contribution in [1.29, 1.82) is 0 Å². The first-order valence-corrected chi connectivity index (χ1v) is 8.89. The van der Waals surface area contributed by atoms with Gasteiger partial charge < -0.3 is 10.2 Å². The van der Waals surface area contributed by atoms with E-state index >= 15 is 0 Å². The van der Waals surface area contributed by atoms with Gasteiger partial charge in [-0.15, -0.1) is 0 Å². The number of hydrogen-bond acceptors (Lipinski definition) is 3. The quantitative estimate of drug-likeness (QED) is 0.863. The molecule has 0 aliphatic carbocycles. The number of benzene rings is 1. The van der Waals surface area contributed by atoms with Crippen LogP contribution in [0, 0.1) is 0 Å². The second-order valence-electron chi connectivity index (χ2n) is 7.14. The topological polar surface area (TPSA) is 45.2 Å². The van der Waals surface area contributed by atoms with Crippen LogP contribution in [0.15, 0.2) is 42.6 Å². The molecule has 4 nitrogen and oxygen atoms in total. The summed E-state index contributed by atoms with van der Waals surface area (Å²) in [7, 11) is 0. The average molecular weight is 377 g/mol. The smallest absolute Gasteiger partial charge is 0.366 e. The lowest BCUT2D eigenvalue weighted by molar-refractivity contribution is -0.141. The molecule has 1 N–H and O–H groups in total. The van der Waals surface area contributed by atoms with E-state index in [-0.39, 0.29) is 11.9 Å². The van der Waals surface area contributed by atoms with Crippen LogP contribution >= 0.6 is 0 Å². The van der Waals surface area contributed by atoms with Gasteiger partial charge in [0.25, 0.3) is 0 Å². The number of aromatic nitrogens is 1. The van der Waals surface area contributed by atoms with Crippen molar-refractivity contribution in [2.24, 2.45) is 0 Å². The maximum absolute atomic E-state index is 12.5. The first-order chi connectivity index (χ1) is 12.7. The van der Waals surface area contributed by atoms with E-state index in [0.717, 1.165) is 11.6 Å². The summed E-state index contributed by atoms with van der Waals surface area (Å²) in [5.41, 5.74) is 1.91. The highest BCUT2D eigenvalue weighted by Gasteiger charge is 2.33. The van der Waals surface area contributed by atoms with Crippen molar-refractivity contribution in [3.63, 3.8) is 0 Å². The molecule has 1 aromatic heterocycles. The zero-order chi connectivity index (χ0) is 19.6. The summed E-state index contributed by atoms with van der Waals surface area (Å²) in [4.78, 5) is 17.5. The van der Waals surface area contributed by atoms with Crippen molar-refractivity contribution in [3.8, 4) is 0 Å². The third-order valence-electron chi connectivity index (χ3n) is 4.66. The number of halogens is 3. The minimum absolute atomic E-state index is 0.00488. The molecule has 27 heavy (non-hydrogen) atoms. The lowest BCUT2D eigenvalue weighted by atomic mass is 10.0. The van der Waals surface area contributed by atoms with Crippen LogP contribution in [0.5, 0.6) is 0 Å². The molecule has 1 fully saturated rings. The van der Waals surface area contributed by atoms with Crippen molar-refractivity contribution >= 4 is 11.6 Å². The van der Waals surface area contributed by atoms with Crippen LogP contribution in [-0.2, 0) is 17.4 Å². The second kappa shape index (κ2) is 7.58. The summed E-state index contributed by atoms with van der Waals surface area (Å²) >= 11 is 0. The Hall–Kier alpha value is -2.57. The fourth-order valence-corrected chi connectivity index (χ4v) is 3.01. The van der Waals surface area contributed by atoms with Gasteiger partial charge >= 0.3 is 6.18 Å². The Morgan fingerprint density at radius 3 is 2.37 bits per heavy atom. The molecule has 0 unspecified atom stereocenters. The molecular weight excluding hydrogens is 355 g/mol. The first kappa shape index (κ1) is 19.2. The van der Waals surface area contributed by atoms with E-state index in [1.807, 2.05) is 29.2 Å². The van der Waals surface area contributed by atoms with Crippen molar-refractivity contribution in [3.05, 3.63) is 59.4 Å². The predicted octanol–water partition coefficient (Wildman–Crippen LogP) is 3.77. The maximum atomic E-state index is 12.5. The van der Waals surface area contributed by atoms with Crippen LogP contribution in [0.3, 0.4) is 0 Å². The molecule has 0 saturated carbocycles. The van der Waals surface area contributed by atoms with Crippen LogP contribution in [0.4, 0.5) is 18.9 Å². The minimum atomic E-state index is -4.43. The van der Waals surface area contributed by atoms with Gasteiger partial charge in [-0.1, -0.05) is 38.1 Å². The van der Waals surface area contributed by atoms with Crippen LogP contribution in [0.2, 0.25) is 0 Å². The van der Waals surface area contributed by atoms with Gasteiger partial charge in [-0.2, -0.15) is 13.2 Å². The normalized spacial score (nSPS) is 15.0. The third-order valence-corrected chi connectivity index (χ3v) is 4.66. The Kier molecular flexibility index (Phi) is 5.39. The zero-order valence-corrected chi connectivity index (χ0v) is 15.3. The molecule has 0 spiro atoms. The molecule has 0 bridgehead atoms. The summed E-state index contributed by atoms with van der Waals surface area (Å²) in [6.45, 7) is 5.36. The van der Waals surface area contributed by atoms with Crippen molar-refractivity contribution < 1.29 is 18.0 Å². The lowest BCUT2D eigenvalue weighted by Gasteiger charge is -2.41. The summed E-state index contributed by atoms with van der Waals surface area (Å²) in [6.07, 6.45) is -2.90. The lowest BCUT2D eigenvalue weighted by Crippen LogP contribution is -2.59. The van der Waals surface area contributed by atoms with Crippen molar-refractivity contribution in [2.45, 2.75) is 38.4 Å². The number of carbonyl (C=O) groups is 1. The van der Waals surface area contributed by atoms with Crippen LogP contribution in [-0.4, -0.2) is 30.0 Å². The molecule has 1 saturated heterocycles. The predicted molar refractivity (Wildman–Crippen MR) is 97.6 cm³/mol. The molecule has 1 aliphatic heterocycles. The monoisotopic (exact) mass is 377 g/mol. The Labute approximate surface area is 156 Å². The number of anilines is 1. The van der Waals surface area contributed by atoms with Gasteiger partial charge in [0.1, 0.15) is 5.69 Å². The number of hydrogen-bond donors (Lipinski definition) is 1. The highest BCUT2D eigenvalue weighted by atomic mass is 19.4. The molecule has 0 atom stereocenters. The molecule has 7 heteroatoms. The fourth-order valence-electron chi connectivity index (χ4n) is 3.01. The minimum Gasteiger partial charge on any atom is -0.366 e. The Morgan fingerprint density at radius 2 is 1.85 bits per heavy atom. The van der Waals surface area contributed by atoms with Gasteiger partial charge in [0.05, 0.1) is 24.3 Å². The van der Waals surface area contributed by atoms with E-state index < -0.39 is 11.9 Å². The van der Waals surface area contributed by atoms with E-state index in [2.05, 4.69) is 24.1 Å². The molecule has 3 rings (SSSR count). The molecule has 2 heterocycles. The van der Waals surface area contributed by atoms with E-state index in [9.17, 15) is 18.0 Å². The van der Waals surface area contributed by atoms with Crippen molar-refractivity contribution in [2.75, 3.05) is 18.0 Å². The van der Waals surface area contributed by atoms with Gasteiger partial charge in [-0.25, -0.2) is 4.98 Å². The number of carbonyl (C=O) groups excluding carboxylic acids is 1. The molecule has 144 valence electrons. The second-order valence-corrected chi connectivity index (χ2v) is 7.14. The molecule has 1 amide bonds. The zero-order valence-electron chi connectivity index (χ0n) is 15.3. The summed E-state index contributed by atoms with van der Waals surface area (Å²) in [5.74, 6) is 0.399. The van der Waals surface area contributed by atoms with Gasteiger partial charge in [0.15, 0.2) is 0 Å². The Morgan fingerprint density at radius 1 is 1.19 bits per heavy atom. The summed E-state index contributed by atoms with van der Waals surface area (Å²) in [5, 5.41) is 2.96. The van der Waals surface area contributed by atoms with E-state index in [4.69, 9.17) is 0 Å². The van der Waals surface area contributed by atoms with Crippen molar-refractivity contribution in [1.82, 2.24) is 10.3 Å². The Bertz CT molecular complexity index is 780. The van der Waals surface area contributed by atoms with Crippen LogP contribution in [0.25, 0.3) is 0 Å². The first-order valence-electron chi connectivity index (χ1n) is 8.89. The number of nitrogens with zero attached hydrogens (tertiary/aromatic N) is 2. The molecule has 1 aliphatic rings. The largest absolute Gasteiger partial charge is 0.433 e. The van der Waals surface area contributed by atoms with Gasteiger partial charge in [-0.05, 0) is 29.2 Å². The highest BCUT2D eigenvalue weighted by molar-refractivity contribution is 5.79. The highest BCUT2D eigenvalue weighted by Crippen LogP contribution is 2.29. The average Bonchev–Trinajstić information content (AvgIpc) is 2.57. The Balaban J connectivity index is 1.46. The number of alkyl halides is 3. The van der Waals surface area contributed by atoms with E-state index in [1.165, 1.54) is 17.8 Å². The molecule has 0 radical (unpaired) electrons. The fraction of sp³-hybridized carbons (Fsp3) is 0.400. The van der Waals surface area contributed by atoms with E-state index in [1.54, 1.807) is 0 Å². The standard InChI is InChI=1S/C20H22F3N3O/c1-13(2)15-5-3-14(4-6-15)9-19(27)25-16-11-26(12-16)17-7-8-18(24-10-17)20(21,22)23/h3-8,10,13,16H,9,11-12H2,1-2H3,(H,25,27). The maximum Gasteiger partial charge on any atom is 0.433 e. The SMILES string of the molecule is CC(C)c1ccc(CC(=O)NC2CN(c3ccc(C(F)(F)F)nc3)C2)cc1. The van der Waals surface area contributed by atoms with Crippen LogP contribution in [0.1, 0.15) is 36.6 Å². The van der Waals surface area contributed by atoms with E-state index in [0.29, 0.717) is 31.1 Å². The summed E-state index contributed by atoms with van der Waals surface area (Å²) < 4.78 is 37.6. The molecular formula is C20H22F3N3O. The molecule has 1 aromatic carbocycles. The number of pyridine rings is 1. The number of nitrogens with one attached hydrogen (secondary N) is 1. The van der Waals surface area contributed by atoms with Gasteiger partial charge in [0, 0.05) is 13.1 Å². The third kappa shape index (κ3) is 4.78.